The standard InChI is InChI=1S/C18H12ClF3N4O3/c19-14-15(18(20,21)22)24-17(23-12-7-4-8-13(9-12)26(28)29)25(16(14)27)10-11-5-2-1-3-6-11/h1-9H,10H2,(H,23,24). The molecule has 11 heteroatoms. The minimum atomic E-state index is -4.96. The van der Waals surface area contributed by atoms with Gasteiger partial charge in [0.1, 0.15) is 5.02 Å². The minimum Gasteiger partial charge on any atom is -0.325 e. The molecule has 7 nitrogen and oxygen atoms in total. The molecule has 3 rings (SSSR count). The zero-order chi connectivity index (χ0) is 21.2. The Bertz CT molecular complexity index is 1120. The molecule has 0 bridgehead atoms. The van der Waals surface area contributed by atoms with Crippen molar-refractivity contribution in [1.29, 1.82) is 0 Å². The monoisotopic (exact) mass is 424 g/mol. The molecule has 1 N–H and O–H groups in total. The van der Waals surface area contributed by atoms with Crippen LogP contribution in [0.2, 0.25) is 5.02 Å². The molecule has 2 aromatic carbocycles. The van der Waals surface area contributed by atoms with Crippen molar-refractivity contribution in [3.05, 3.63) is 91.3 Å². The summed E-state index contributed by atoms with van der Waals surface area (Å²) in [5.41, 5.74) is -2.21. The molecular formula is C18H12ClF3N4O3. The maximum absolute atomic E-state index is 13.3. The summed E-state index contributed by atoms with van der Waals surface area (Å²) in [6.07, 6.45) is -4.96. The van der Waals surface area contributed by atoms with Crippen LogP contribution in [0.4, 0.5) is 30.5 Å². The number of nitro groups is 1. The highest BCUT2D eigenvalue weighted by atomic mass is 35.5. The predicted octanol–water partition coefficient (Wildman–Crippen LogP) is 4.62. The number of hydrogen-bond donors (Lipinski definition) is 1. The van der Waals surface area contributed by atoms with Crippen LogP contribution in [0.5, 0.6) is 0 Å². The third-order valence-electron chi connectivity index (χ3n) is 3.88. The van der Waals surface area contributed by atoms with E-state index in [2.05, 4.69) is 10.3 Å². The van der Waals surface area contributed by atoms with Gasteiger partial charge in [0.15, 0.2) is 5.69 Å². The second-order valence-electron chi connectivity index (χ2n) is 5.91. The largest absolute Gasteiger partial charge is 0.435 e. The molecule has 0 aliphatic heterocycles. The Labute approximate surface area is 166 Å². The molecular weight excluding hydrogens is 413 g/mol. The Kier molecular flexibility index (Phi) is 5.55. The molecule has 1 heterocycles. The molecule has 0 atom stereocenters. The number of nitrogens with one attached hydrogen (secondary N) is 1. The highest BCUT2D eigenvalue weighted by Crippen LogP contribution is 2.33. The van der Waals surface area contributed by atoms with E-state index < -0.39 is 33.3 Å². The topological polar surface area (TPSA) is 90.1 Å². The van der Waals surface area contributed by atoms with Gasteiger partial charge in [-0.2, -0.15) is 13.2 Å². The quantitative estimate of drug-likeness (QED) is 0.477. The summed E-state index contributed by atoms with van der Waals surface area (Å²) in [6, 6.07) is 13.6. The van der Waals surface area contributed by atoms with Crippen LogP contribution >= 0.6 is 11.6 Å². The van der Waals surface area contributed by atoms with Crippen molar-refractivity contribution < 1.29 is 18.1 Å². The fraction of sp³-hybridized carbons (Fsp3) is 0.111. The van der Waals surface area contributed by atoms with Gasteiger partial charge in [0, 0.05) is 17.8 Å². The van der Waals surface area contributed by atoms with E-state index in [0.29, 0.717) is 5.56 Å². The van der Waals surface area contributed by atoms with Crippen LogP contribution in [0, 0.1) is 10.1 Å². The van der Waals surface area contributed by atoms with Gasteiger partial charge in [0.2, 0.25) is 5.95 Å². The van der Waals surface area contributed by atoms with Crippen molar-refractivity contribution >= 4 is 28.9 Å². The van der Waals surface area contributed by atoms with Crippen LogP contribution in [0.25, 0.3) is 0 Å². The summed E-state index contributed by atoms with van der Waals surface area (Å²) in [5, 5.41) is 12.4. The Morgan fingerprint density at radius 3 is 2.45 bits per heavy atom. The van der Waals surface area contributed by atoms with Gasteiger partial charge < -0.3 is 5.32 Å². The number of benzene rings is 2. The van der Waals surface area contributed by atoms with Crippen LogP contribution in [0.1, 0.15) is 11.3 Å². The number of hydrogen-bond acceptors (Lipinski definition) is 5. The first-order chi connectivity index (χ1) is 13.7. The van der Waals surface area contributed by atoms with Crippen LogP contribution in [0.15, 0.2) is 59.4 Å². The van der Waals surface area contributed by atoms with Gasteiger partial charge in [-0.15, -0.1) is 0 Å². The molecule has 1 aromatic heterocycles. The first-order valence-electron chi connectivity index (χ1n) is 8.10. The average Bonchev–Trinajstić information content (AvgIpc) is 2.67. The summed E-state index contributed by atoms with van der Waals surface area (Å²) in [7, 11) is 0. The highest BCUT2D eigenvalue weighted by Gasteiger charge is 2.38. The predicted molar refractivity (Wildman–Crippen MR) is 100 cm³/mol. The van der Waals surface area contributed by atoms with Crippen LogP contribution < -0.4 is 10.9 Å². The number of rotatable bonds is 5. The Hall–Kier alpha value is -3.40. The van der Waals surface area contributed by atoms with Gasteiger partial charge in [0.05, 0.1) is 11.5 Å². The van der Waals surface area contributed by atoms with E-state index in [1.807, 2.05) is 0 Å². The van der Waals surface area contributed by atoms with Gasteiger partial charge in [0.25, 0.3) is 11.2 Å². The molecule has 150 valence electrons. The van der Waals surface area contributed by atoms with Crippen molar-refractivity contribution in [3.8, 4) is 0 Å². The lowest BCUT2D eigenvalue weighted by Crippen LogP contribution is -2.29. The number of anilines is 2. The van der Waals surface area contributed by atoms with Crippen molar-refractivity contribution in [2.75, 3.05) is 5.32 Å². The molecule has 29 heavy (non-hydrogen) atoms. The molecule has 0 aliphatic rings. The van der Waals surface area contributed by atoms with Crippen molar-refractivity contribution in [2.24, 2.45) is 0 Å². The average molecular weight is 425 g/mol. The van der Waals surface area contributed by atoms with E-state index in [0.717, 1.165) is 10.6 Å². The zero-order valence-corrected chi connectivity index (χ0v) is 15.2. The van der Waals surface area contributed by atoms with Crippen molar-refractivity contribution in [2.45, 2.75) is 12.7 Å². The third kappa shape index (κ3) is 4.54. The van der Waals surface area contributed by atoms with E-state index in [9.17, 15) is 28.1 Å². The second kappa shape index (κ2) is 7.92. The van der Waals surface area contributed by atoms with Crippen LogP contribution in [0.3, 0.4) is 0 Å². The fourth-order valence-corrected chi connectivity index (χ4v) is 2.80. The summed E-state index contributed by atoms with van der Waals surface area (Å²) < 4.78 is 40.7. The molecule has 0 aliphatic carbocycles. The molecule has 3 aromatic rings. The number of aromatic nitrogens is 2. The highest BCUT2D eigenvalue weighted by molar-refractivity contribution is 6.31. The molecule has 0 spiro atoms. The maximum Gasteiger partial charge on any atom is 0.435 e. The van der Waals surface area contributed by atoms with Gasteiger partial charge in [-0.1, -0.05) is 48.0 Å². The number of alkyl halides is 3. The second-order valence-corrected chi connectivity index (χ2v) is 6.28. The van der Waals surface area contributed by atoms with Crippen LogP contribution in [-0.4, -0.2) is 14.5 Å². The lowest BCUT2D eigenvalue weighted by atomic mass is 10.2. The molecule has 0 unspecified atom stereocenters. The smallest absolute Gasteiger partial charge is 0.325 e. The van der Waals surface area contributed by atoms with E-state index in [1.54, 1.807) is 30.3 Å². The number of non-ortho nitro benzene ring substituents is 1. The maximum atomic E-state index is 13.3. The zero-order valence-electron chi connectivity index (χ0n) is 14.5. The normalized spacial score (nSPS) is 11.3. The summed E-state index contributed by atoms with van der Waals surface area (Å²) >= 11 is 5.66. The number of nitro benzene ring substituents is 1. The summed E-state index contributed by atoms with van der Waals surface area (Å²) in [4.78, 5) is 26.3. The molecule has 0 fully saturated rings. The van der Waals surface area contributed by atoms with Gasteiger partial charge in [-0.3, -0.25) is 19.5 Å². The first-order valence-corrected chi connectivity index (χ1v) is 8.47. The van der Waals surface area contributed by atoms with E-state index in [1.165, 1.54) is 18.2 Å². The fourth-order valence-electron chi connectivity index (χ4n) is 2.55. The van der Waals surface area contributed by atoms with Crippen molar-refractivity contribution in [1.82, 2.24) is 9.55 Å². The Balaban J connectivity index is 2.14. The van der Waals surface area contributed by atoms with Crippen molar-refractivity contribution in [3.63, 3.8) is 0 Å². The molecule has 0 amide bonds. The Morgan fingerprint density at radius 2 is 1.83 bits per heavy atom. The van der Waals surface area contributed by atoms with E-state index in [-0.39, 0.29) is 17.9 Å². The van der Waals surface area contributed by atoms with Gasteiger partial charge in [-0.25, -0.2) is 4.98 Å². The van der Waals surface area contributed by atoms with Gasteiger partial charge in [-0.05, 0) is 11.6 Å². The number of nitrogens with zero attached hydrogens (tertiary/aromatic N) is 3. The lowest BCUT2D eigenvalue weighted by molar-refractivity contribution is -0.384. The number of halogens is 4. The minimum absolute atomic E-state index is 0.0864. The molecule has 0 saturated carbocycles. The Morgan fingerprint density at radius 1 is 1.14 bits per heavy atom. The van der Waals surface area contributed by atoms with Gasteiger partial charge >= 0.3 is 6.18 Å². The van der Waals surface area contributed by atoms with E-state index in [4.69, 9.17) is 11.6 Å². The lowest BCUT2D eigenvalue weighted by Gasteiger charge is -2.17. The molecule has 0 radical (unpaired) electrons. The SMILES string of the molecule is O=c1c(Cl)c(C(F)(F)F)nc(Nc2cccc([N+](=O)[O-])c2)n1Cc1ccccc1. The third-order valence-corrected chi connectivity index (χ3v) is 4.22. The first kappa shape index (κ1) is 20.3. The summed E-state index contributed by atoms with van der Waals surface area (Å²) in [5.74, 6) is -0.448. The summed E-state index contributed by atoms with van der Waals surface area (Å²) in [6.45, 7) is -0.109. The van der Waals surface area contributed by atoms with Crippen LogP contribution in [-0.2, 0) is 12.7 Å². The molecule has 0 saturated heterocycles. The van der Waals surface area contributed by atoms with E-state index >= 15 is 0 Å².